The van der Waals surface area contributed by atoms with Crippen LogP contribution in [0.5, 0.6) is 5.75 Å². The van der Waals surface area contributed by atoms with Gasteiger partial charge in [-0.15, -0.1) is 0 Å². The summed E-state index contributed by atoms with van der Waals surface area (Å²) in [6.45, 7) is 0. The van der Waals surface area contributed by atoms with E-state index in [1.54, 1.807) is 12.1 Å². The van der Waals surface area contributed by atoms with Crippen LogP contribution in [0.2, 0.25) is 0 Å². The van der Waals surface area contributed by atoms with E-state index in [2.05, 4.69) is 9.97 Å². The van der Waals surface area contributed by atoms with Gasteiger partial charge in [0.1, 0.15) is 5.52 Å². The molecule has 0 bridgehead atoms. The molecule has 0 atom stereocenters. The number of hydrogen-bond acceptors (Lipinski definition) is 4. The highest BCUT2D eigenvalue weighted by Crippen LogP contribution is 2.29. The number of nitrogens with two attached hydrogens (primary N) is 1. The summed E-state index contributed by atoms with van der Waals surface area (Å²) >= 11 is 0. The molecule has 0 saturated carbocycles. The maximum absolute atomic E-state index is 9.79. The molecule has 3 N–H and O–H groups in total. The first-order valence-corrected chi connectivity index (χ1v) is 4.89. The third kappa shape index (κ3) is 1.16. The number of fused-ring (bicyclic) bond motifs is 2. The normalized spacial score (nSPS) is 11.0. The number of nitrogen functional groups attached to an aromatic ring is 1. The second-order valence-electron chi connectivity index (χ2n) is 3.58. The molecule has 78 valence electrons. The third-order valence-corrected chi connectivity index (χ3v) is 2.52. The van der Waals surface area contributed by atoms with Gasteiger partial charge < -0.3 is 10.8 Å². The summed E-state index contributed by atoms with van der Waals surface area (Å²) in [7, 11) is 0. The van der Waals surface area contributed by atoms with Crippen molar-refractivity contribution in [3.05, 3.63) is 36.4 Å². The second-order valence-corrected chi connectivity index (χ2v) is 3.58. The van der Waals surface area contributed by atoms with E-state index < -0.39 is 0 Å². The number of para-hydroxylation sites is 2. The van der Waals surface area contributed by atoms with Gasteiger partial charge >= 0.3 is 0 Å². The lowest BCUT2D eigenvalue weighted by Gasteiger charge is -2.04. The zero-order valence-electron chi connectivity index (χ0n) is 8.38. The zero-order valence-corrected chi connectivity index (χ0v) is 8.38. The fraction of sp³-hybridized carbons (Fsp3) is 0. The number of phenols is 1. The summed E-state index contributed by atoms with van der Waals surface area (Å²) in [6.07, 6.45) is 0. The first kappa shape index (κ1) is 8.91. The van der Waals surface area contributed by atoms with Crippen molar-refractivity contribution in [3.63, 3.8) is 0 Å². The molecule has 2 aromatic carbocycles. The Labute approximate surface area is 91.4 Å². The van der Waals surface area contributed by atoms with Crippen molar-refractivity contribution in [1.29, 1.82) is 0 Å². The quantitative estimate of drug-likeness (QED) is 0.339. The number of aromatic nitrogens is 2. The Morgan fingerprint density at radius 1 is 0.875 bits per heavy atom. The van der Waals surface area contributed by atoms with Crippen molar-refractivity contribution in [3.8, 4) is 5.75 Å². The molecule has 0 unspecified atom stereocenters. The van der Waals surface area contributed by atoms with Crippen LogP contribution in [-0.4, -0.2) is 15.1 Å². The Hall–Kier alpha value is -2.36. The van der Waals surface area contributed by atoms with Gasteiger partial charge in [0.2, 0.25) is 0 Å². The molecule has 0 radical (unpaired) electrons. The molecular weight excluding hydrogens is 202 g/mol. The first-order chi connectivity index (χ1) is 7.75. The smallest absolute Gasteiger partial charge is 0.166 e. The van der Waals surface area contributed by atoms with Crippen molar-refractivity contribution in [2.45, 2.75) is 0 Å². The lowest BCUT2D eigenvalue weighted by atomic mass is 10.2. The summed E-state index contributed by atoms with van der Waals surface area (Å²) < 4.78 is 0. The molecule has 0 aliphatic rings. The topological polar surface area (TPSA) is 72.0 Å². The molecule has 0 amide bonds. The maximum atomic E-state index is 9.79. The molecule has 0 aliphatic carbocycles. The van der Waals surface area contributed by atoms with Crippen LogP contribution in [0.1, 0.15) is 0 Å². The van der Waals surface area contributed by atoms with Gasteiger partial charge in [-0.25, -0.2) is 9.97 Å². The lowest BCUT2D eigenvalue weighted by Crippen LogP contribution is -1.91. The highest BCUT2D eigenvalue weighted by molar-refractivity contribution is 5.92. The minimum Gasteiger partial charge on any atom is -0.504 e. The monoisotopic (exact) mass is 211 g/mol. The minimum atomic E-state index is -0.00393. The summed E-state index contributed by atoms with van der Waals surface area (Å²) in [5.41, 5.74) is 8.57. The van der Waals surface area contributed by atoms with Crippen molar-refractivity contribution < 1.29 is 5.11 Å². The number of hydrogen-bond donors (Lipinski definition) is 2. The van der Waals surface area contributed by atoms with E-state index in [4.69, 9.17) is 5.73 Å². The molecule has 1 aromatic heterocycles. The van der Waals surface area contributed by atoms with E-state index in [1.807, 2.05) is 24.3 Å². The standard InChI is InChI=1S/C12H9N3O/c13-7-5-6-10-11(12(7)16)15-9-4-2-1-3-8(9)14-10/h1-6,16H,13H2. The molecule has 3 rings (SSSR count). The molecule has 0 aliphatic heterocycles. The van der Waals surface area contributed by atoms with Crippen molar-refractivity contribution in [2.75, 3.05) is 5.73 Å². The van der Waals surface area contributed by atoms with Gasteiger partial charge in [-0.2, -0.15) is 0 Å². The van der Waals surface area contributed by atoms with Gasteiger partial charge in [0.05, 0.1) is 22.2 Å². The van der Waals surface area contributed by atoms with E-state index in [0.717, 1.165) is 11.0 Å². The number of benzene rings is 2. The number of aromatic hydroxyl groups is 1. The van der Waals surface area contributed by atoms with Crippen molar-refractivity contribution in [2.24, 2.45) is 0 Å². The van der Waals surface area contributed by atoms with Gasteiger partial charge in [-0.05, 0) is 24.3 Å². The first-order valence-electron chi connectivity index (χ1n) is 4.89. The highest BCUT2D eigenvalue weighted by atomic mass is 16.3. The van der Waals surface area contributed by atoms with Gasteiger partial charge in [-0.3, -0.25) is 0 Å². The summed E-state index contributed by atoms with van der Waals surface area (Å²) in [5, 5.41) is 9.79. The van der Waals surface area contributed by atoms with E-state index in [-0.39, 0.29) is 5.75 Å². The van der Waals surface area contributed by atoms with Gasteiger partial charge in [-0.1, -0.05) is 12.1 Å². The molecular formula is C12H9N3O. The predicted molar refractivity (Wildman–Crippen MR) is 63.1 cm³/mol. The van der Waals surface area contributed by atoms with Gasteiger partial charge in [0.15, 0.2) is 5.75 Å². The van der Waals surface area contributed by atoms with Crippen LogP contribution in [0.3, 0.4) is 0 Å². The van der Waals surface area contributed by atoms with E-state index in [1.165, 1.54) is 0 Å². The summed E-state index contributed by atoms with van der Waals surface area (Å²) in [5.74, 6) is -0.00393. The van der Waals surface area contributed by atoms with Crippen LogP contribution in [0.25, 0.3) is 22.1 Å². The largest absolute Gasteiger partial charge is 0.504 e. The molecule has 0 saturated heterocycles. The average Bonchev–Trinajstić information content (AvgIpc) is 2.32. The Morgan fingerprint density at radius 3 is 2.31 bits per heavy atom. The number of anilines is 1. The van der Waals surface area contributed by atoms with Crippen LogP contribution < -0.4 is 5.73 Å². The fourth-order valence-corrected chi connectivity index (χ4v) is 1.69. The van der Waals surface area contributed by atoms with Gasteiger partial charge in [0.25, 0.3) is 0 Å². The Morgan fingerprint density at radius 2 is 1.56 bits per heavy atom. The van der Waals surface area contributed by atoms with Crippen LogP contribution in [0.4, 0.5) is 5.69 Å². The Kier molecular flexibility index (Phi) is 1.71. The molecule has 4 nitrogen and oxygen atoms in total. The fourth-order valence-electron chi connectivity index (χ4n) is 1.69. The van der Waals surface area contributed by atoms with Crippen molar-refractivity contribution >= 4 is 27.8 Å². The molecule has 4 heteroatoms. The SMILES string of the molecule is Nc1ccc2nc3ccccc3nc2c1O. The molecule has 1 heterocycles. The Balaban J connectivity index is 2.51. The molecule has 3 aromatic rings. The van der Waals surface area contributed by atoms with Crippen LogP contribution in [0, 0.1) is 0 Å². The third-order valence-electron chi connectivity index (χ3n) is 2.52. The molecule has 0 fully saturated rings. The molecule has 16 heavy (non-hydrogen) atoms. The summed E-state index contributed by atoms with van der Waals surface area (Å²) in [4.78, 5) is 8.75. The number of rotatable bonds is 0. The second kappa shape index (κ2) is 3.06. The zero-order chi connectivity index (χ0) is 11.1. The van der Waals surface area contributed by atoms with E-state index in [9.17, 15) is 5.11 Å². The lowest BCUT2D eigenvalue weighted by molar-refractivity contribution is 0.483. The van der Waals surface area contributed by atoms with E-state index >= 15 is 0 Å². The minimum absolute atomic E-state index is 0.00393. The van der Waals surface area contributed by atoms with Gasteiger partial charge in [0, 0.05) is 0 Å². The predicted octanol–water partition coefficient (Wildman–Crippen LogP) is 2.07. The highest BCUT2D eigenvalue weighted by Gasteiger charge is 2.07. The van der Waals surface area contributed by atoms with E-state index in [0.29, 0.717) is 16.7 Å². The Bertz CT molecular complexity index is 694. The van der Waals surface area contributed by atoms with Crippen LogP contribution in [0.15, 0.2) is 36.4 Å². The number of nitrogens with zero attached hydrogens (tertiary/aromatic N) is 2. The summed E-state index contributed by atoms with van der Waals surface area (Å²) in [6, 6.07) is 10.9. The number of phenolic OH excluding ortho intramolecular Hbond substituents is 1. The van der Waals surface area contributed by atoms with Crippen LogP contribution >= 0.6 is 0 Å². The van der Waals surface area contributed by atoms with Crippen molar-refractivity contribution in [1.82, 2.24) is 9.97 Å². The average molecular weight is 211 g/mol. The molecule has 0 spiro atoms. The maximum Gasteiger partial charge on any atom is 0.166 e. The van der Waals surface area contributed by atoms with Crippen LogP contribution in [-0.2, 0) is 0 Å².